The predicted molar refractivity (Wildman–Crippen MR) is 90.2 cm³/mol. The number of H-pyrrole nitrogens is 1. The maximum Gasteiger partial charge on any atom is 0.224 e. The second-order valence-electron chi connectivity index (χ2n) is 6.15. The number of hydrogen-bond acceptors (Lipinski definition) is 3. The zero-order valence-electron chi connectivity index (χ0n) is 13.6. The molecule has 2 amide bonds. The van der Waals surface area contributed by atoms with Crippen LogP contribution in [0.3, 0.4) is 0 Å². The molecule has 2 aromatic rings. The Hall–Kier alpha value is -2.63. The summed E-state index contributed by atoms with van der Waals surface area (Å²) >= 11 is 0. The van der Waals surface area contributed by atoms with E-state index >= 15 is 0 Å². The van der Waals surface area contributed by atoms with Crippen LogP contribution in [-0.4, -0.2) is 46.0 Å². The molecule has 1 fully saturated rings. The van der Waals surface area contributed by atoms with E-state index in [1.807, 2.05) is 23.1 Å². The molecule has 2 heterocycles. The monoisotopic (exact) mass is 326 g/mol. The van der Waals surface area contributed by atoms with Gasteiger partial charge in [-0.3, -0.25) is 14.7 Å². The first-order chi connectivity index (χ1) is 11.7. The molecule has 3 rings (SSSR count). The summed E-state index contributed by atoms with van der Waals surface area (Å²) in [5.74, 6) is 0.102. The van der Waals surface area contributed by atoms with Crippen LogP contribution in [-0.2, 0) is 22.4 Å². The van der Waals surface area contributed by atoms with Crippen LogP contribution in [0.1, 0.15) is 24.0 Å². The highest BCUT2D eigenvalue weighted by Crippen LogP contribution is 2.13. The largest absolute Gasteiger partial charge is 0.351 e. The minimum absolute atomic E-state index is 0.0149. The van der Waals surface area contributed by atoms with Gasteiger partial charge in [0.15, 0.2) is 0 Å². The summed E-state index contributed by atoms with van der Waals surface area (Å²) < 4.78 is 0. The number of nitrogens with one attached hydrogen (secondary N) is 2. The number of aryl methyl sites for hydroxylation is 1. The van der Waals surface area contributed by atoms with Gasteiger partial charge in [0.1, 0.15) is 0 Å². The molecule has 1 aromatic heterocycles. The van der Waals surface area contributed by atoms with Crippen LogP contribution in [0.2, 0.25) is 0 Å². The van der Waals surface area contributed by atoms with Crippen LogP contribution >= 0.6 is 0 Å². The molecular formula is C18H22N4O2. The highest BCUT2D eigenvalue weighted by atomic mass is 16.2. The Morgan fingerprint density at radius 2 is 2.08 bits per heavy atom. The highest BCUT2D eigenvalue weighted by Gasteiger charge is 2.30. The van der Waals surface area contributed by atoms with E-state index in [4.69, 9.17) is 0 Å². The smallest absolute Gasteiger partial charge is 0.224 e. The summed E-state index contributed by atoms with van der Waals surface area (Å²) in [4.78, 5) is 26.0. The third-order valence-corrected chi connectivity index (χ3v) is 4.29. The van der Waals surface area contributed by atoms with Gasteiger partial charge >= 0.3 is 0 Å². The van der Waals surface area contributed by atoms with Crippen molar-refractivity contribution in [1.82, 2.24) is 20.4 Å². The van der Waals surface area contributed by atoms with Gasteiger partial charge in [0.25, 0.3) is 0 Å². The van der Waals surface area contributed by atoms with Crippen LogP contribution < -0.4 is 5.32 Å². The topological polar surface area (TPSA) is 78.1 Å². The number of hydrogen-bond donors (Lipinski definition) is 2. The zero-order valence-corrected chi connectivity index (χ0v) is 13.6. The van der Waals surface area contributed by atoms with Crippen LogP contribution in [0.15, 0.2) is 42.7 Å². The molecule has 126 valence electrons. The van der Waals surface area contributed by atoms with Gasteiger partial charge in [-0.2, -0.15) is 5.10 Å². The van der Waals surface area contributed by atoms with Gasteiger partial charge in [0.05, 0.1) is 12.2 Å². The fraction of sp³-hybridized carbons (Fsp3) is 0.389. The molecule has 24 heavy (non-hydrogen) atoms. The van der Waals surface area contributed by atoms with Gasteiger partial charge in [-0.15, -0.1) is 0 Å². The first kappa shape index (κ1) is 16.2. The summed E-state index contributed by atoms with van der Waals surface area (Å²) in [6.07, 6.45) is 5.81. The zero-order chi connectivity index (χ0) is 16.8. The maximum absolute atomic E-state index is 12.1. The normalized spacial score (nSPS) is 17.2. The van der Waals surface area contributed by atoms with E-state index in [2.05, 4.69) is 27.6 Å². The number of aromatic nitrogens is 2. The van der Waals surface area contributed by atoms with Crippen LogP contribution in [0.25, 0.3) is 0 Å². The number of likely N-dealkylation sites (tertiary alicyclic amines) is 1. The number of amides is 2. The molecule has 0 radical (unpaired) electrons. The molecule has 1 aliphatic rings. The average Bonchev–Trinajstić information content (AvgIpc) is 3.22. The minimum Gasteiger partial charge on any atom is -0.351 e. The predicted octanol–water partition coefficient (Wildman–Crippen LogP) is 1.30. The minimum atomic E-state index is -0.0786. The van der Waals surface area contributed by atoms with Gasteiger partial charge in [-0.05, 0) is 24.0 Å². The van der Waals surface area contributed by atoms with Crippen molar-refractivity contribution in [3.63, 3.8) is 0 Å². The lowest BCUT2D eigenvalue weighted by Gasteiger charge is -2.17. The number of carbonyl (C=O) groups is 2. The molecule has 0 bridgehead atoms. The Bertz CT molecular complexity index is 670. The molecule has 6 nitrogen and oxygen atoms in total. The molecule has 0 saturated carbocycles. The second kappa shape index (κ2) is 7.77. The second-order valence-corrected chi connectivity index (χ2v) is 6.15. The Kier molecular flexibility index (Phi) is 5.25. The molecule has 1 saturated heterocycles. The van der Waals surface area contributed by atoms with E-state index in [0.717, 1.165) is 12.0 Å². The molecule has 1 atom stereocenters. The number of carbonyl (C=O) groups excluding carboxylic acids is 2. The van der Waals surface area contributed by atoms with Crippen molar-refractivity contribution in [1.29, 1.82) is 0 Å². The standard InChI is InChI=1S/C18H22N4O2/c23-17(7-6-15-11-19-20-12-15)21-16-10-18(24)22(13-16)9-8-14-4-2-1-3-5-14/h1-5,11-12,16H,6-10,13H2,(H,19,20)(H,21,23). The van der Waals surface area contributed by atoms with Gasteiger partial charge in [0, 0.05) is 32.1 Å². The summed E-state index contributed by atoms with van der Waals surface area (Å²) in [6.45, 7) is 1.30. The molecule has 6 heteroatoms. The third kappa shape index (κ3) is 4.44. The van der Waals surface area contributed by atoms with Crippen LogP contribution in [0.5, 0.6) is 0 Å². The molecule has 0 aliphatic carbocycles. The average molecular weight is 326 g/mol. The van der Waals surface area contributed by atoms with Crippen molar-refractivity contribution in [2.24, 2.45) is 0 Å². The number of benzene rings is 1. The Morgan fingerprint density at radius 3 is 2.83 bits per heavy atom. The van der Waals surface area contributed by atoms with E-state index in [0.29, 0.717) is 32.4 Å². The molecule has 0 spiro atoms. The van der Waals surface area contributed by atoms with Crippen molar-refractivity contribution >= 4 is 11.8 Å². The highest BCUT2D eigenvalue weighted by molar-refractivity contribution is 5.82. The van der Waals surface area contributed by atoms with Gasteiger partial charge in [-0.1, -0.05) is 30.3 Å². The molecule has 1 aromatic carbocycles. The first-order valence-corrected chi connectivity index (χ1v) is 8.29. The van der Waals surface area contributed by atoms with E-state index < -0.39 is 0 Å². The third-order valence-electron chi connectivity index (χ3n) is 4.29. The van der Waals surface area contributed by atoms with E-state index in [-0.39, 0.29) is 17.9 Å². The van der Waals surface area contributed by atoms with Gasteiger partial charge < -0.3 is 10.2 Å². The summed E-state index contributed by atoms with van der Waals surface area (Å²) in [6, 6.07) is 10.0. The SMILES string of the molecule is O=C(CCc1cn[nH]c1)NC1CC(=O)N(CCc2ccccc2)C1. The summed E-state index contributed by atoms with van der Waals surface area (Å²) in [5.41, 5.74) is 2.23. The number of aromatic amines is 1. The quantitative estimate of drug-likeness (QED) is 0.805. The van der Waals surface area contributed by atoms with Crippen molar-refractivity contribution in [2.45, 2.75) is 31.7 Å². The van der Waals surface area contributed by atoms with Crippen LogP contribution in [0.4, 0.5) is 0 Å². The van der Waals surface area contributed by atoms with E-state index in [1.165, 1.54) is 5.56 Å². The van der Waals surface area contributed by atoms with Crippen molar-refractivity contribution < 1.29 is 9.59 Å². The first-order valence-electron chi connectivity index (χ1n) is 8.29. The maximum atomic E-state index is 12.1. The lowest BCUT2D eigenvalue weighted by atomic mass is 10.1. The van der Waals surface area contributed by atoms with Crippen molar-refractivity contribution in [2.75, 3.05) is 13.1 Å². The molecule has 1 unspecified atom stereocenters. The van der Waals surface area contributed by atoms with Gasteiger partial charge in [0.2, 0.25) is 11.8 Å². The number of nitrogens with zero attached hydrogens (tertiary/aromatic N) is 2. The van der Waals surface area contributed by atoms with E-state index in [1.54, 1.807) is 12.4 Å². The Morgan fingerprint density at radius 1 is 1.25 bits per heavy atom. The summed E-state index contributed by atoms with van der Waals surface area (Å²) in [7, 11) is 0. The molecule has 1 aliphatic heterocycles. The molecule has 2 N–H and O–H groups in total. The number of rotatable bonds is 7. The lowest BCUT2D eigenvalue weighted by molar-refractivity contribution is -0.127. The fourth-order valence-electron chi connectivity index (χ4n) is 2.97. The van der Waals surface area contributed by atoms with Crippen LogP contribution in [0, 0.1) is 0 Å². The molecular weight excluding hydrogens is 304 g/mol. The fourth-order valence-corrected chi connectivity index (χ4v) is 2.97. The Balaban J connectivity index is 1.41. The van der Waals surface area contributed by atoms with E-state index in [9.17, 15) is 9.59 Å². The Labute approximate surface area is 141 Å². The van der Waals surface area contributed by atoms with Gasteiger partial charge in [-0.25, -0.2) is 0 Å². The van der Waals surface area contributed by atoms with Crippen molar-refractivity contribution in [3.05, 3.63) is 53.9 Å². The van der Waals surface area contributed by atoms with Crippen molar-refractivity contribution in [3.8, 4) is 0 Å². The summed E-state index contributed by atoms with van der Waals surface area (Å²) in [5, 5.41) is 9.56. The lowest BCUT2D eigenvalue weighted by Crippen LogP contribution is -2.37.